The molecule has 160 valence electrons. The highest BCUT2D eigenvalue weighted by Gasteiger charge is 2.33. The first kappa shape index (κ1) is 21.5. The van der Waals surface area contributed by atoms with Gasteiger partial charge in [0.2, 0.25) is 5.91 Å². The maximum atomic E-state index is 13.1. The molecule has 2 heterocycles. The fourth-order valence-corrected chi connectivity index (χ4v) is 3.13. The van der Waals surface area contributed by atoms with E-state index in [0.717, 1.165) is 6.07 Å². The summed E-state index contributed by atoms with van der Waals surface area (Å²) in [6.07, 6.45) is -3.33. The first-order valence-corrected chi connectivity index (χ1v) is 9.31. The van der Waals surface area contributed by atoms with Gasteiger partial charge in [0, 0.05) is 13.0 Å². The number of fused-ring (bicyclic) bond motifs is 1. The molecule has 3 aromatic rings. The molecule has 0 saturated heterocycles. The molecule has 7 nitrogen and oxygen atoms in total. The quantitative estimate of drug-likeness (QED) is 0.696. The van der Waals surface area contributed by atoms with Crippen LogP contribution in [0.5, 0.6) is 0 Å². The third-order valence-electron chi connectivity index (χ3n) is 4.58. The van der Waals surface area contributed by atoms with Gasteiger partial charge in [-0.25, -0.2) is 9.67 Å². The van der Waals surface area contributed by atoms with Crippen LogP contribution in [0.1, 0.15) is 38.6 Å². The number of rotatable bonds is 4. The number of amides is 1. The molecule has 1 N–H and O–H groups in total. The Morgan fingerprint density at radius 2 is 1.83 bits per heavy atom. The average Bonchev–Trinajstić information content (AvgIpc) is 3.05. The Morgan fingerprint density at radius 3 is 2.47 bits per heavy atom. The Morgan fingerprint density at radius 1 is 1.17 bits per heavy atom. The van der Waals surface area contributed by atoms with Gasteiger partial charge in [-0.3, -0.25) is 14.2 Å². The molecule has 0 bridgehead atoms. The fourth-order valence-electron chi connectivity index (χ4n) is 3.13. The van der Waals surface area contributed by atoms with E-state index in [4.69, 9.17) is 0 Å². The van der Waals surface area contributed by atoms with Crippen molar-refractivity contribution >= 4 is 22.6 Å². The van der Waals surface area contributed by atoms with E-state index in [2.05, 4.69) is 15.4 Å². The third kappa shape index (κ3) is 4.22. The van der Waals surface area contributed by atoms with Crippen LogP contribution < -0.4 is 10.9 Å². The minimum atomic E-state index is -4.58. The van der Waals surface area contributed by atoms with Crippen molar-refractivity contribution in [2.45, 2.75) is 52.4 Å². The molecule has 0 fully saturated rings. The Balaban J connectivity index is 1.82. The summed E-state index contributed by atoms with van der Waals surface area (Å²) in [5.41, 5.74) is -1.52. The van der Waals surface area contributed by atoms with Gasteiger partial charge < -0.3 is 5.32 Å². The summed E-state index contributed by atoms with van der Waals surface area (Å²) in [6.45, 7) is 7.42. The molecule has 0 saturated carbocycles. The number of nitrogens with one attached hydrogen (secondary N) is 1. The van der Waals surface area contributed by atoms with Crippen LogP contribution in [0.2, 0.25) is 0 Å². The molecular weight excluding hydrogens is 399 g/mol. The van der Waals surface area contributed by atoms with Crippen LogP contribution in [-0.4, -0.2) is 25.2 Å². The van der Waals surface area contributed by atoms with Gasteiger partial charge in [0.05, 0.1) is 23.0 Å². The lowest BCUT2D eigenvalue weighted by molar-refractivity contribution is -0.137. The largest absolute Gasteiger partial charge is 0.418 e. The van der Waals surface area contributed by atoms with Crippen molar-refractivity contribution in [1.82, 2.24) is 19.3 Å². The number of benzene rings is 1. The maximum absolute atomic E-state index is 13.1. The van der Waals surface area contributed by atoms with Gasteiger partial charge in [0.15, 0.2) is 5.65 Å². The molecule has 1 amide bonds. The van der Waals surface area contributed by atoms with Crippen molar-refractivity contribution in [1.29, 1.82) is 0 Å². The summed E-state index contributed by atoms with van der Waals surface area (Å²) in [7, 11) is 0. The highest BCUT2D eigenvalue weighted by molar-refractivity contribution is 5.91. The Labute approximate surface area is 170 Å². The van der Waals surface area contributed by atoms with Gasteiger partial charge in [-0.15, -0.1) is 0 Å². The highest BCUT2D eigenvalue weighted by atomic mass is 19.4. The standard InChI is InChI=1S/C20H22F3N5O2/c1-12-25-17-13(11-24-28(17)19(2,3)4)18(30)27(12)10-9-16(29)26-15-8-6-5-7-14(15)20(21,22)23/h5-8,11H,9-10H2,1-4H3,(H,26,29). The molecular formula is C20H22F3N5O2. The number of aryl methyl sites for hydroxylation is 1. The summed E-state index contributed by atoms with van der Waals surface area (Å²) in [4.78, 5) is 29.5. The first-order chi connectivity index (χ1) is 13.9. The molecule has 30 heavy (non-hydrogen) atoms. The van der Waals surface area contributed by atoms with Crippen molar-refractivity contribution < 1.29 is 18.0 Å². The zero-order valence-corrected chi connectivity index (χ0v) is 17.0. The molecule has 1 aromatic carbocycles. The number of carbonyl (C=O) groups excluding carboxylic acids is 1. The molecule has 0 aliphatic carbocycles. The van der Waals surface area contributed by atoms with Crippen molar-refractivity contribution in [2.75, 3.05) is 5.32 Å². The van der Waals surface area contributed by atoms with E-state index in [-0.39, 0.29) is 29.8 Å². The van der Waals surface area contributed by atoms with Gasteiger partial charge in [0.1, 0.15) is 11.2 Å². The Hall–Kier alpha value is -3.17. The summed E-state index contributed by atoms with van der Waals surface area (Å²) in [5, 5.41) is 6.84. The van der Waals surface area contributed by atoms with E-state index in [1.807, 2.05) is 20.8 Å². The molecule has 0 aliphatic heterocycles. The van der Waals surface area contributed by atoms with Crippen molar-refractivity contribution in [3.8, 4) is 0 Å². The summed E-state index contributed by atoms with van der Waals surface area (Å²) in [6, 6.07) is 4.74. The van der Waals surface area contributed by atoms with E-state index in [1.54, 1.807) is 11.6 Å². The maximum Gasteiger partial charge on any atom is 0.418 e. The lowest BCUT2D eigenvalue weighted by Crippen LogP contribution is -2.28. The van der Waals surface area contributed by atoms with Crippen LogP contribution in [0.25, 0.3) is 11.0 Å². The van der Waals surface area contributed by atoms with Crippen molar-refractivity contribution in [3.63, 3.8) is 0 Å². The van der Waals surface area contributed by atoms with E-state index in [9.17, 15) is 22.8 Å². The minimum Gasteiger partial charge on any atom is -0.325 e. The summed E-state index contributed by atoms with van der Waals surface area (Å²) >= 11 is 0. The number of para-hydroxylation sites is 1. The second-order valence-electron chi connectivity index (χ2n) is 7.92. The first-order valence-electron chi connectivity index (χ1n) is 9.31. The molecule has 0 unspecified atom stereocenters. The number of carbonyl (C=O) groups is 1. The van der Waals surface area contributed by atoms with E-state index in [0.29, 0.717) is 16.9 Å². The fraction of sp³-hybridized carbons (Fsp3) is 0.400. The van der Waals surface area contributed by atoms with Crippen LogP contribution in [-0.2, 0) is 23.1 Å². The summed E-state index contributed by atoms with van der Waals surface area (Å²) < 4.78 is 42.2. The predicted molar refractivity (Wildman–Crippen MR) is 106 cm³/mol. The van der Waals surface area contributed by atoms with Gasteiger partial charge >= 0.3 is 6.18 Å². The topological polar surface area (TPSA) is 81.8 Å². The van der Waals surface area contributed by atoms with Crippen LogP contribution in [0, 0.1) is 6.92 Å². The van der Waals surface area contributed by atoms with E-state index >= 15 is 0 Å². The van der Waals surface area contributed by atoms with Crippen molar-refractivity contribution in [3.05, 3.63) is 52.2 Å². The number of nitrogens with zero attached hydrogens (tertiary/aromatic N) is 4. The molecule has 0 atom stereocenters. The van der Waals surface area contributed by atoms with Crippen LogP contribution in [0.3, 0.4) is 0 Å². The smallest absolute Gasteiger partial charge is 0.325 e. The summed E-state index contributed by atoms with van der Waals surface area (Å²) in [5.74, 6) is -0.245. The second-order valence-corrected chi connectivity index (χ2v) is 7.92. The highest BCUT2D eigenvalue weighted by Crippen LogP contribution is 2.34. The molecule has 0 spiro atoms. The lowest BCUT2D eigenvalue weighted by atomic mass is 10.1. The van der Waals surface area contributed by atoms with Crippen molar-refractivity contribution in [2.24, 2.45) is 0 Å². The van der Waals surface area contributed by atoms with Gasteiger partial charge in [-0.2, -0.15) is 18.3 Å². The number of alkyl halides is 3. The minimum absolute atomic E-state index is 0.0195. The zero-order valence-electron chi connectivity index (χ0n) is 17.0. The van der Waals surface area contributed by atoms with Gasteiger partial charge in [0.25, 0.3) is 5.56 Å². The van der Waals surface area contributed by atoms with Crippen LogP contribution >= 0.6 is 0 Å². The number of hydrogen-bond acceptors (Lipinski definition) is 4. The normalized spacial score (nSPS) is 12.4. The van der Waals surface area contributed by atoms with E-state index < -0.39 is 17.6 Å². The molecule has 10 heteroatoms. The number of halogens is 3. The lowest BCUT2D eigenvalue weighted by Gasteiger charge is -2.20. The zero-order chi connectivity index (χ0) is 22.3. The van der Waals surface area contributed by atoms with Crippen LogP contribution in [0.15, 0.2) is 35.3 Å². The van der Waals surface area contributed by atoms with Gasteiger partial charge in [-0.1, -0.05) is 12.1 Å². The Kier molecular flexibility index (Phi) is 5.44. The van der Waals surface area contributed by atoms with Gasteiger partial charge in [-0.05, 0) is 39.8 Å². The van der Waals surface area contributed by atoms with Crippen LogP contribution in [0.4, 0.5) is 18.9 Å². The SMILES string of the molecule is Cc1nc2c(cnn2C(C)(C)C)c(=O)n1CCC(=O)Nc1ccccc1C(F)(F)F. The number of anilines is 1. The third-order valence-corrected chi connectivity index (χ3v) is 4.58. The average molecular weight is 421 g/mol. The molecule has 3 rings (SSSR count). The van der Waals surface area contributed by atoms with E-state index in [1.165, 1.54) is 29.0 Å². The molecule has 2 aromatic heterocycles. The molecule has 0 radical (unpaired) electrons. The Bertz CT molecular complexity index is 1160. The monoisotopic (exact) mass is 421 g/mol. The number of aromatic nitrogens is 4. The number of hydrogen-bond donors (Lipinski definition) is 1. The second kappa shape index (κ2) is 7.58. The molecule has 0 aliphatic rings. The predicted octanol–water partition coefficient (Wildman–Crippen LogP) is 3.70.